The van der Waals surface area contributed by atoms with E-state index in [0.717, 1.165) is 16.7 Å². The number of amides is 3. The van der Waals surface area contributed by atoms with Gasteiger partial charge in [0.25, 0.3) is 5.91 Å². The summed E-state index contributed by atoms with van der Waals surface area (Å²) in [5.74, 6) is -0.287. The summed E-state index contributed by atoms with van der Waals surface area (Å²) in [5, 5.41) is 12.3. The van der Waals surface area contributed by atoms with Gasteiger partial charge in [-0.05, 0) is 37.5 Å². The minimum atomic E-state index is -1.07. The second kappa shape index (κ2) is 5.32. The summed E-state index contributed by atoms with van der Waals surface area (Å²) in [6, 6.07) is 5.34. The molecule has 0 radical (unpaired) electrons. The molecule has 1 aromatic carbocycles. The van der Waals surface area contributed by atoms with Crippen molar-refractivity contribution in [2.45, 2.75) is 26.3 Å². The second-order valence-corrected chi connectivity index (χ2v) is 6.90. The molecule has 2 heterocycles. The molecule has 6 nitrogen and oxygen atoms in total. The van der Waals surface area contributed by atoms with Crippen LogP contribution >= 0.6 is 0 Å². The Hall–Kier alpha value is -1.92. The SMILES string of the molecule is Cc1ccc(C2(C)NC(=O)N(CC3(CO)COC3)C2=O)cc1C. The number of urea groups is 1. The lowest BCUT2D eigenvalue weighted by Gasteiger charge is -2.41. The first-order chi connectivity index (χ1) is 10.8. The zero-order valence-electron chi connectivity index (χ0n) is 13.7. The topological polar surface area (TPSA) is 78.9 Å². The summed E-state index contributed by atoms with van der Waals surface area (Å²) in [4.78, 5) is 26.4. The Labute approximate surface area is 135 Å². The maximum atomic E-state index is 12.9. The number of hydrogen-bond donors (Lipinski definition) is 2. The molecule has 23 heavy (non-hydrogen) atoms. The predicted octanol–water partition coefficient (Wildman–Crippen LogP) is 1.08. The van der Waals surface area contributed by atoms with Gasteiger partial charge in [0, 0.05) is 6.54 Å². The number of imide groups is 1. The van der Waals surface area contributed by atoms with Gasteiger partial charge in [-0.25, -0.2) is 4.79 Å². The Kier molecular flexibility index (Phi) is 3.69. The average molecular weight is 318 g/mol. The smallest absolute Gasteiger partial charge is 0.325 e. The van der Waals surface area contributed by atoms with E-state index in [0.29, 0.717) is 13.2 Å². The number of aliphatic hydroxyl groups excluding tert-OH is 1. The fraction of sp³-hybridized carbons (Fsp3) is 0.529. The zero-order chi connectivity index (χ0) is 16.8. The molecule has 0 aromatic heterocycles. The molecule has 1 unspecified atom stereocenters. The molecule has 3 amide bonds. The van der Waals surface area contributed by atoms with E-state index in [1.807, 2.05) is 32.0 Å². The van der Waals surface area contributed by atoms with Crippen molar-refractivity contribution < 1.29 is 19.4 Å². The molecule has 1 atom stereocenters. The average Bonchev–Trinajstić information content (AvgIpc) is 2.69. The first-order valence-corrected chi connectivity index (χ1v) is 7.72. The molecular formula is C17H22N2O4. The van der Waals surface area contributed by atoms with E-state index in [4.69, 9.17) is 4.74 Å². The molecule has 2 N–H and O–H groups in total. The van der Waals surface area contributed by atoms with Crippen LogP contribution < -0.4 is 5.32 Å². The lowest BCUT2D eigenvalue weighted by atomic mass is 9.85. The number of aliphatic hydroxyl groups is 1. The monoisotopic (exact) mass is 318 g/mol. The van der Waals surface area contributed by atoms with Crippen molar-refractivity contribution in [2.24, 2.45) is 5.41 Å². The van der Waals surface area contributed by atoms with Gasteiger partial charge in [0.15, 0.2) is 0 Å². The first-order valence-electron chi connectivity index (χ1n) is 7.72. The maximum Gasteiger partial charge on any atom is 0.325 e. The van der Waals surface area contributed by atoms with Crippen LogP contribution in [0.4, 0.5) is 4.79 Å². The number of aryl methyl sites for hydroxylation is 2. The Morgan fingerprint density at radius 2 is 1.96 bits per heavy atom. The number of nitrogens with zero attached hydrogens (tertiary/aromatic N) is 1. The van der Waals surface area contributed by atoms with Crippen molar-refractivity contribution >= 4 is 11.9 Å². The van der Waals surface area contributed by atoms with E-state index in [1.165, 1.54) is 4.90 Å². The van der Waals surface area contributed by atoms with Crippen molar-refractivity contribution in [1.29, 1.82) is 0 Å². The minimum absolute atomic E-state index is 0.107. The molecule has 2 aliphatic rings. The van der Waals surface area contributed by atoms with Gasteiger partial charge in [0.1, 0.15) is 5.54 Å². The lowest BCUT2D eigenvalue weighted by Crippen LogP contribution is -2.55. The highest BCUT2D eigenvalue weighted by atomic mass is 16.5. The standard InChI is InChI=1S/C17H22N2O4/c1-11-4-5-13(6-12(11)2)16(3)14(21)19(15(22)18-16)7-17(8-20)9-23-10-17/h4-6,20H,7-10H2,1-3H3,(H,18,22). The van der Waals surface area contributed by atoms with E-state index in [2.05, 4.69) is 5.32 Å². The lowest BCUT2D eigenvalue weighted by molar-refractivity contribution is -0.153. The third kappa shape index (κ3) is 2.42. The number of ether oxygens (including phenoxy) is 1. The Balaban J connectivity index is 1.89. The number of nitrogens with one attached hydrogen (secondary N) is 1. The third-order valence-corrected chi connectivity index (χ3v) is 5.00. The van der Waals surface area contributed by atoms with Crippen LogP contribution in [0.3, 0.4) is 0 Å². The molecule has 124 valence electrons. The quantitative estimate of drug-likeness (QED) is 0.814. The van der Waals surface area contributed by atoms with Gasteiger partial charge in [-0.2, -0.15) is 0 Å². The van der Waals surface area contributed by atoms with Gasteiger partial charge in [-0.15, -0.1) is 0 Å². The van der Waals surface area contributed by atoms with Crippen molar-refractivity contribution in [3.8, 4) is 0 Å². The highest BCUT2D eigenvalue weighted by Gasteiger charge is 2.52. The molecule has 0 aliphatic carbocycles. The van der Waals surface area contributed by atoms with Crippen molar-refractivity contribution in [1.82, 2.24) is 10.2 Å². The van der Waals surface area contributed by atoms with Crippen LogP contribution in [0.2, 0.25) is 0 Å². The van der Waals surface area contributed by atoms with Crippen LogP contribution in [0.25, 0.3) is 0 Å². The first kappa shape index (κ1) is 16.0. The van der Waals surface area contributed by atoms with Crippen molar-refractivity contribution in [3.63, 3.8) is 0 Å². The van der Waals surface area contributed by atoms with Crippen LogP contribution in [-0.4, -0.2) is 48.3 Å². The molecule has 6 heteroatoms. The maximum absolute atomic E-state index is 12.9. The molecule has 2 aliphatic heterocycles. The number of carbonyl (C=O) groups excluding carboxylic acids is 2. The molecule has 0 spiro atoms. The summed E-state index contributed by atoms with van der Waals surface area (Å²) in [5.41, 5.74) is 1.38. The summed E-state index contributed by atoms with van der Waals surface area (Å²) in [7, 11) is 0. The summed E-state index contributed by atoms with van der Waals surface area (Å²) < 4.78 is 5.15. The van der Waals surface area contributed by atoms with E-state index in [1.54, 1.807) is 6.92 Å². The highest BCUT2D eigenvalue weighted by molar-refractivity contribution is 6.07. The van der Waals surface area contributed by atoms with Crippen molar-refractivity contribution in [3.05, 3.63) is 34.9 Å². The van der Waals surface area contributed by atoms with Gasteiger partial charge in [0.2, 0.25) is 0 Å². The van der Waals surface area contributed by atoms with Gasteiger partial charge in [0.05, 0.1) is 25.2 Å². The Morgan fingerprint density at radius 1 is 1.26 bits per heavy atom. The van der Waals surface area contributed by atoms with E-state index in [-0.39, 0.29) is 19.1 Å². The van der Waals surface area contributed by atoms with Crippen LogP contribution in [0.1, 0.15) is 23.6 Å². The molecule has 1 aromatic rings. The van der Waals surface area contributed by atoms with Crippen molar-refractivity contribution in [2.75, 3.05) is 26.4 Å². The molecular weight excluding hydrogens is 296 g/mol. The highest BCUT2D eigenvalue weighted by Crippen LogP contribution is 2.34. The van der Waals surface area contributed by atoms with Gasteiger partial charge < -0.3 is 15.2 Å². The number of benzene rings is 1. The minimum Gasteiger partial charge on any atom is -0.396 e. The van der Waals surface area contributed by atoms with Crippen LogP contribution in [-0.2, 0) is 15.1 Å². The molecule has 2 fully saturated rings. The molecule has 3 rings (SSSR count). The second-order valence-electron chi connectivity index (χ2n) is 6.90. The molecule has 0 saturated carbocycles. The third-order valence-electron chi connectivity index (χ3n) is 5.00. The van der Waals surface area contributed by atoms with Crippen LogP contribution in [0, 0.1) is 19.3 Å². The fourth-order valence-electron chi connectivity index (χ4n) is 3.05. The summed E-state index contributed by atoms with van der Waals surface area (Å²) in [6.07, 6.45) is 0. The predicted molar refractivity (Wildman–Crippen MR) is 83.9 cm³/mol. The Bertz CT molecular complexity index is 663. The molecule has 2 saturated heterocycles. The molecule has 0 bridgehead atoms. The van der Waals surface area contributed by atoms with Crippen LogP contribution in [0.15, 0.2) is 18.2 Å². The normalized spacial score (nSPS) is 26.2. The van der Waals surface area contributed by atoms with Gasteiger partial charge in [-0.3, -0.25) is 9.69 Å². The Morgan fingerprint density at radius 3 is 2.48 bits per heavy atom. The van der Waals surface area contributed by atoms with Gasteiger partial charge in [-0.1, -0.05) is 18.2 Å². The van der Waals surface area contributed by atoms with Gasteiger partial charge >= 0.3 is 6.03 Å². The van der Waals surface area contributed by atoms with Crippen LogP contribution in [0.5, 0.6) is 0 Å². The van der Waals surface area contributed by atoms with E-state index in [9.17, 15) is 14.7 Å². The number of rotatable bonds is 4. The summed E-state index contributed by atoms with van der Waals surface area (Å²) in [6.45, 7) is 6.50. The van der Waals surface area contributed by atoms with E-state index < -0.39 is 17.0 Å². The number of carbonyl (C=O) groups is 2. The largest absolute Gasteiger partial charge is 0.396 e. The van der Waals surface area contributed by atoms with E-state index >= 15 is 0 Å². The fourth-order valence-corrected chi connectivity index (χ4v) is 3.05. The summed E-state index contributed by atoms with van der Waals surface area (Å²) >= 11 is 0. The zero-order valence-corrected chi connectivity index (χ0v) is 13.7. The number of hydrogen-bond acceptors (Lipinski definition) is 4.